The molecular formula is C22H21N3O4. The van der Waals surface area contributed by atoms with E-state index in [4.69, 9.17) is 4.74 Å². The number of hydrogen-bond acceptors (Lipinski definition) is 5. The molecule has 1 aliphatic carbocycles. The maximum atomic E-state index is 12.4. The highest BCUT2D eigenvalue weighted by atomic mass is 16.5. The Morgan fingerprint density at radius 3 is 2.83 bits per heavy atom. The van der Waals surface area contributed by atoms with Gasteiger partial charge in [-0.3, -0.25) is 19.0 Å². The number of aromatic nitrogens is 2. The minimum absolute atomic E-state index is 0.0709. The first kappa shape index (κ1) is 18.9. The van der Waals surface area contributed by atoms with Crippen molar-refractivity contribution in [1.82, 2.24) is 14.9 Å². The van der Waals surface area contributed by atoms with Gasteiger partial charge in [-0.25, -0.2) is 4.98 Å². The van der Waals surface area contributed by atoms with Gasteiger partial charge in [0, 0.05) is 0 Å². The van der Waals surface area contributed by atoms with Crippen molar-refractivity contribution < 1.29 is 14.3 Å². The summed E-state index contributed by atoms with van der Waals surface area (Å²) < 4.78 is 6.25. The van der Waals surface area contributed by atoms with Crippen molar-refractivity contribution in [3.05, 3.63) is 76.3 Å². The molecule has 0 radical (unpaired) electrons. The number of nitrogens with one attached hydrogen (secondary N) is 1. The maximum absolute atomic E-state index is 12.4. The van der Waals surface area contributed by atoms with Gasteiger partial charge in [-0.15, -0.1) is 0 Å². The van der Waals surface area contributed by atoms with Gasteiger partial charge in [-0.2, -0.15) is 0 Å². The summed E-state index contributed by atoms with van der Waals surface area (Å²) in [6.07, 6.45) is 4.17. The molecule has 0 unspecified atom stereocenters. The number of ether oxygens (including phenoxy) is 1. The molecule has 7 nitrogen and oxygen atoms in total. The van der Waals surface area contributed by atoms with E-state index < -0.39 is 5.97 Å². The van der Waals surface area contributed by atoms with E-state index in [0.29, 0.717) is 10.9 Å². The quantitative estimate of drug-likeness (QED) is 0.673. The predicted octanol–water partition coefficient (Wildman–Crippen LogP) is 2.13. The summed E-state index contributed by atoms with van der Waals surface area (Å²) >= 11 is 0. The monoisotopic (exact) mass is 391 g/mol. The SMILES string of the molecule is O=C(COC(=O)Cn1cnc2ccccc2c1=O)N[C@@H]1CCCc2ccccc21. The van der Waals surface area contributed by atoms with Gasteiger partial charge in [0.2, 0.25) is 0 Å². The highest BCUT2D eigenvalue weighted by Gasteiger charge is 2.21. The zero-order valence-corrected chi connectivity index (χ0v) is 15.8. The van der Waals surface area contributed by atoms with Gasteiger partial charge in [0.25, 0.3) is 11.5 Å². The summed E-state index contributed by atoms with van der Waals surface area (Å²) in [4.78, 5) is 40.9. The van der Waals surface area contributed by atoms with Gasteiger partial charge in [-0.1, -0.05) is 36.4 Å². The Kier molecular flexibility index (Phi) is 5.37. The molecule has 1 heterocycles. The van der Waals surface area contributed by atoms with Crippen LogP contribution >= 0.6 is 0 Å². The van der Waals surface area contributed by atoms with Gasteiger partial charge in [-0.05, 0) is 42.5 Å². The molecule has 7 heteroatoms. The van der Waals surface area contributed by atoms with Crippen molar-refractivity contribution in [2.75, 3.05) is 6.61 Å². The third kappa shape index (κ3) is 4.18. The molecule has 1 atom stereocenters. The van der Waals surface area contributed by atoms with E-state index in [1.54, 1.807) is 24.3 Å². The lowest BCUT2D eigenvalue weighted by atomic mass is 9.88. The molecule has 2 aromatic carbocycles. The summed E-state index contributed by atoms with van der Waals surface area (Å²) in [5.41, 5.74) is 2.60. The molecule has 3 aromatic rings. The average Bonchev–Trinajstić information content (AvgIpc) is 2.75. The van der Waals surface area contributed by atoms with Crippen molar-refractivity contribution in [3.63, 3.8) is 0 Å². The van der Waals surface area contributed by atoms with Crippen LogP contribution in [0.5, 0.6) is 0 Å². The van der Waals surface area contributed by atoms with Gasteiger partial charge < -0.3 is 10.1 Å². The first-order valence-corrected chi connectivity index (χ1v) is 9.59. The summed E-state index contributed by atoms with van der Waals surface area (Å²) in [6, 6.07) is 14.9. The second-order valence-corrected chi connectivity index (χ2v) is 7.07. The van der Waals surface area contributed by atoms with Crippen LogP contribution in [0.1, 0.15) is 30.0 Å². The minimum atomic E-state index is -0.664. The average molecular weight is 391 g/mol. The third-order valence-electron chi connectivity index (χ3n) is 5.10. The lowest BCUT2D eigenvalue weighted by Gasteiger charge is -2.26. The Labute approximate surface area is 167 Å². The molecule has 1 aliphatic rings. The first-order chi connectivity index (χ1) is 14.1. The molecule has 0 saturated heterocycles. The van der Waals surface area contributed by atoms with Crippen LogP contribution in [0.4, 0.5) is 0 Å². The van der Waals surface area contributed by atoms with Crippen LogP contribution in [-0.4, -0.2) is 28.0 Å². The highest BCUT2D eigenvalue weighted by Crippen LogP contribution is 2.29. The second-order valence-electron chi connectivity index (χ2n) is 7.07. The first-order valence-electron chi connectivity index (χ1n) is 9.59. The normalized spacial score (nSPS) is 15.5. The van der Waals surface area contributed by atoms with Crippen LogP contribution in [0.3, 0.4) is 0 Å². The summed E-state index contributed by atoms with van der Waals surface area (Å²) in [5, 5.41) is 3.36. The van der Waals surface area contributed by atoms with Crippen LogP contribution in [0.2, 0.25) is 0 Å². The molecular weight excluding hydrogens is 370 g/mol. The van der Waals surface area contributed by atoms with E-state index >= 15 is 0 Å². The summed E-state index contributed by atoms with van der Waals surface area (Å²) in [7, 11) is 0. The lowest BCUT2D eigenvalue weighted by Crippen LogP contribution is -2.35. The Bertz CT molecular complexity index is 1120. The molecule has 148 valence electrons. The number of aryl methyl sites for hydroxylation is 1. The minimum Gasteiger partial charge on any atom is -0.454 e. The number of carbonyl (C=O) groups excluding carboxylic acids is 2. The fourth-order valence-electron chi connectivity index (χ4n) is 3.69. The molecule has 29 heavy (non-hydrogen) atoms. The highest BCUT2D eigenvalue weighted by molar-refractivity contribution is 5.81. The van der Waals surface area contributed by atoms with Crippen LogP contribution in [0.15, 0.2) is 59.7 Å². The number of para-hydroxylation sites is 1. The van der Waals surface area contributed by atoms with E-state index in [9.17, 15) is 14.4 Å². The van der Waals surface area contributed by atoms with E-state index in [1.807, 2.05) is 18.2 Å². The molecule has 0 aliphatic heterocycles. The van der Waals surface area contributed by atoms with Crippen molar-refractivity contribution in [2.45, 2.75) is 31.8 Å². The molecule has 0 saturated carbocycles. The number of benzene rings is 2. The number of amides is 1. The van der Waals surface area contributed by atoms with Crippen LogP contribution in [0.25, 0.3) is 10.9 Å². The van der Waals surface area contributed by atoms with E-state index in [1.165, 1.54) is 16.5 Å². The van der Waals surface area contributed by atoms with E-state index in [2.05, 4.69) is 16.4 Å². The van der Waals surface area contributed by atoms with E-state index in [0.717, 1.165) is 24.8 Å². The van der Waals surface area contributed by atoms with Crippen molar-refractivity contribution in [3.8, 4) is 0 Å². The third-order valence-corrected chi connectivity index (χ3v) is 5.10. The smallest absolute Gasteiger partial charge is 0.326 e. The Balaban J connectivity index is 1.34. The molecule has 0 spiro atoms. The Hall–Kier alpha value is -3.48. The maximum Gasteiger partial charge on any atom is 0.326 e. The second kappa shape index (κ2) is 8.26. The van der Waals surface area contributed by atoms with Crippen molar-refractivity contribution in [1.29, 1.82) is 0 Å². The van der Waals surface area contributed by atoms with Crippen LogP contribution in [0, 0.1) is 0 Å². The van der Waals surface area contributed by atoms with E-state index in [-0.39, 0.29) is 30.7 Å². The van der Waals surface area contributed by atoms with Gasteiger partial charge in [0.1, 0.15) is 6.54 Å². The zero-order chi connectivity index (χ0) is 20.2. The van der Waals surface area contributed by atoms with Gasteiger partial charge >= 0.3 is 5.97 Å². The van der Waals surface area contributed by atoms with Gasteiger partial charge in [0.05, 0.1) is 23.3 Å². The number of esters is 1. The number of carbonyl (C=O) groups is 2. The molecule has 4 rings (SSSR count). The van der Waals surface area contributed by atoms with Crippen LogP contribution in [-0.2, 0) is 27.3 Å². The van der Waals surface area contributed by atoms with Gasteiger partial charge in [0.15, 0.2) is 6.61 Å². The number of nitrogens with zero attached hydrogens (tertiary/aromatic N) is 2. The molecule has 1 amide bonds. The Morgan fingerprint density at radius 1 is 1.14 bits per heavy atom. The Morgan fingerprint density at radius 2 is 1.93 bits per heavy atom. The summed E-state index contributed by atoms with van der Waals surface area (Å²) in [5.74, 6) is -1.02. The summed E-state index contributed by atoms with van der Waals surface area (Å²) in [6.45, 7) is -0.677. The number of rotatable bonds is 5. The topological polar surface area (TPSA) is 90.3 Å². The van der Waals surface area contributed by atoms with Crippen LogP contribution < -0.4 is 10.9 Å². The van der Waals surface area contributed by atoms with Crippen molar-refractivity contribution in [2.24, 2.45) is 0 Å². The molecule has 1 N–H and O–H groups in total. The number of fused-ring (bicyclic) bond motifs is 2. The standard InChI is InChI=1S/C22H21N3O4/c26-20(24-19-11-5-7-15-6-1-2-8-16(15)19)13-29-21(27)12-25-14-23-18-10-4-3-9-17(18)22(25)28/h1-4,6,8-10,14,19H,5,7,11-13H2,(H,24,26)/t19-/m1/s1. The lowest BCUT2D eigenvalue weighted by molar-refractivity contribution is -0.149. The molecule has 0 fully saturated rings. The largest absolute Gasteiger partial charge is 0.454 e. The number of hydrogen-bond donors (Lipinski definition) is 1. The fourth-order valence-corrected chi connectivity index (χ4v) is 3.69. The fraction of sp³-hybridized carbons (Fsp3) is 0.273. The molecule has 1 aromatic heterocycles. The van der Waals surface area contributed by atoms with Crippen molar-refractivity contribution >= 4 is 22.8 Å². The predicted molar refractivity (Wildman–Crippen MR) is 107 cm³/mol. The zero-order valence-electron chi connectivity index (χ0n) is 15.8. The molecule has 0 bridgehead atoms.